The van der Waals surface area contributed by atoms with Gasteiger partial charge in [-0.2, -0.15) is 0 Å². The van der Waals surface area contributed by atoms with Gasteiger partial charge in [-0.3, -0.25) is 4.79 Å². The molecule has 0 aliphatic rings. The van der Waals surface area contributed by atoms with Crippen LogP contribution in [0.1, 0.15) is 5.56 Å². The third kappa shape index (κ3) is 5.22. The van der Waals surface area contributed by atoms with Crippen molar-refractivity contribution < 1.29 is 27.6 Å². The average Bonchev–Trinajstić information content (AvgIpc) is 2.57. The molecule has 0 aliphatic carbocycles. The number of carbonyl (C=O) groups excluding carboxylic acids is 1. The Hall–Kier alpha value is -2.54. The second kappa shape index (κ2) is 8.53. The molecule has 2 aromatic carbocycles. The van der Waals surface area contributed by atoms with Crippen LogP contribution in [-0.4, -0.2) is 32.7 Å². The normalized spacial score (nSPS) is 11.9. The highest BCUT2D eigenvalue weighted by atomic mass is 19.2. The Balaban J connectivity index is 1.80. The third-order valence-corrected chi connectivity index (χ3v) is 3.65. The minimum atomic E-state index is -1.61. The zero-order valence-corrected chi connectivity index (χ0v) is 14.0. The first-order valence-electron chi connectivity index (χ1n) is 7.81. The van der Waals surface area contributed by atoms with E-state index in [1.807, 2.05) is 31.2 Å². The lowest BCUT2D eigenvalue weighted by Crippen LogP contribution is -3.10. The van der Waals surface area contributed by atoms with Crippen LogP contribution in [0.25, 0.3) is 0 Å². The largest absolute Gasteiger partial charge is 0.487 e. The molecule has 0 saturated carbocycles. The highest BCUT2D eigenvalue weighted by Gasteiger charge is 2.17. The molecule has 1 atom stereocenters. The highest BCUT2D eigenvalue weighted by Crippen LogP contribution is 2.19. The van der Waals surface area contributed by atoms with Crippen LogP contribution in [-0.2, 0) is 4.79 Å². The van der Waals surface area contributed by atoms with E-state index in [0.717, 1.165) is 28.3 Å². The lowest BCUT2D eigenvalue weighted by Gasteiger charge is -2.15. The van der Waals surface area contributed by atoms with Crippen LogP contribution in [0.3, 0.4) is 0 Å². The number of nitrogens with one attached hydrogen (secondary N) is 2. The smallest absolute Gasteiger partial charge is 0.279 e. The molecule has 1 unspecified atom stereocenters. The lowest BCUT2D eigenvalue weighted by molar-refractivity contribution is -0.871. The molecule has 0 spiro atoms. The monoisotopic (exact) mass is 353 g/mol. The number of likely N-dealkylation sites (N-methyl/N-ethyl adjacent to an activating group) is 1. The first-order chi connectivity index (χ1) is 11.9. The van der Waals surface area contributed by atoms with Crippen molar-refractivity contribution in [2.75, 3.05) is 32.1 Å². The molecule has 0 aromatic heterocycles. The number of hydrogen-bond donors (Lipinski definition) is 2. The summed E-state index contributed by atoms with van der Waals surface area (Å²) in [6.07, 6.45) is 0. The van der Waals surface area contributed by atoms with E-state index >= 15 is 0 Å². The molecule has 1 amide bonds. The number of hydrogen-bond acceptors (Lipinski definition) is 2. The molecule has 0 heterocycles. The molecule has 25 heavy (non-hydrogen) atoms. The second-order valence-electron chi connectivity index (χ2n) is 5.77. The van der Waals surface area contributed by atoms with Gasteiger partial charge in [-0.1, -0.05) is 18.2 Å². The predicted octanol–water partition coefficient (Wildman–Crippen LogP) is 1.94. The molecule has 7 heteroatoms. The Morgan fingerprint density at radius 2 is 1.84 bits per heavy atom. The molecule has 134 valence electrons. The van der Waals surface area contributed by atoms with Crippen molar-refractivity contribution in [3.63, 3.8) is 0 Å². The number of carbonyl (C=O) groups is 1. The number of aryl methyl sites for hydroxylation is 1. The Bertz CT molecular complexity index is 753. The summed E-state index contributed by atoms with van der Waals surface area (Å²) in [6.45, 7) is 2.93. The molecule has 2 aromatic rings. The summed E-state index contributed by atoms with van der Waals surface area (Å²) in [5, 5.41) is 2.24. The summed E-state index contributed by atoms with van der Waals surface area (Å²) in [4.78, 5) is 12.7. The fourth-order valence-corrected chi connectivity index (χ4v) is 2.23. The van der Waals surface area contributed by atoms with Crippen molar-refractivity contribution in [3.05, 3.63) is 59.4 Å². The molecule has 4 nitrogen and oxygen atoms in total. The van der Waals surface area contributed by atoms with Crippen LogP contribution in [0.15, 0.2) is 36.4 Å². The fourth-order valence-electron chi connectivity index (χ4n) is 2.23. The summed E-state index contributed by atoms with van der Waals surface area (Å²) in [5.74, 6) is -4.03. The van der Waals surface area contributed by atoms with Gasteiger partial charge in [0.05, 0.1) is 12.7 Å². The van der Waals surface area contributed by atoms with Crippen molar-refractivity contribution in [2.24, 2.45) is 0 Å². The van der Waals surface area contributed by atoms with Crippen LogP contribution in [0.2, 0.25) is 0 Å². The van der Waals surface area contributed by atoms with Crippen molar-refractivity contribution in [3.8, 4) is 5.75 Å². The fraction of sp³-hybridized carbons (Fsp3) is 0.278. The molecule has 2 rings (SSSR count). The summed E-state index contributed by atoms with van der Waals surface area (Å²) in [6, 6.07) is 9.35. The summed E-state index contributed by atoms with van der Waals surface area (Å²) >= 11 is 0. The third-order valence-electron chi connectivity index (χ3n) is 3.65. The highest BCUT2D eigenvalue weighted by molar-refractivity contribution is 5.91. The van der Waals surface area contributed by atoms with Gasteiger partial charge in [-0.05, 0) is 30.7 Å². The summed E-state index contributed by atoms with van der Waals surface area (Å²) in [7, 11) is 1.78. The van der Waals surface area contributed by atoms with E-state index in [0.29, 0.717) is 13.2 Å². The number of para-hydroxylation sites is 1. The van der Waals surface area contributed by atoms with E-state index < -0.39 is 23.4 Å². The van der Waals surface area contributed by atoms with Gasteiger partial charge in [0.25, 0.3) is 5.91 Å². The summed E-state index contributed by atoms with van der Waals surface area (Å²) in [5.41, 5.74) is 0.638. The van der Waals surface area contributed by atoms with Crippen LogP contribution in [0, 0.1) is 24.4 Å². The lowest BCUT2D eigenvalue weighted by atomic mass is 10.2. The van der Waals surface area contributed by atoms with Gasteiger partial charge in [0.1, 0.15) is 18.9 Å². The van der Waals surface area contributed by atoms with E-state index in [-0.39, 0.29) is 12.2 Å². The van der Waals surface area contributed by atoms with Crippen LogP contribution < -0.4 is 15.0 Å². The molecule has 0 bridgehead atoms. The van der Waals surface area contributed by atoms with Crippen LogP contribution in [0.4, 0.5) is 18.9 Å². The molecular formula is C18H20F3N2O2+. The van der Waals surface area contributed by atoms with Crippen molar-refractivity contribution in [2.45, 2.75) is 6.92 Å². The minimum absolute atomic E-state index is 0.0373. The Morgan fingerprint density at radius 1 is 1.12 bits per heavy atom. The number of ether oxygens (including phenoxy) is 1. The molecule has 0 aliphatic heterocycles. The summed E-state index contributed by atoms with van der Waals surface area (Å²) < 4.78 is 45.2. The van der Waals surface area contributed by atoms with Gasteiger partial charge in [0, 0.05) is 0 Å². The maximum atomic E-state index is 13.5. The molecule has 2 N–H and O–H groups in total. The van der Waals surface area contributed by atoms with Gasteiger partial charge >= 0.3 is 0 Å². The van der Waals surface area contributed by atoms with E-state index in [1.54, 1.807) is 7.05 Å². The van der Waals surface area contributed by atoms with Crippen LogP contribution >= 0.6 is 0 Å². The second-order valence-corrected chi connectivity index (χ2v) is 5.77. The SMILES string of the molecule is Cc1ccccc1OCC[NH+](C)CC(=O)Nc1ccc(F)c(F)c1F. The zero-order valence-electron chi connectivity index (χ0n) is 14.0. The van der Waals surface area contributed by atoms with Gasteiger partial charge < -0.3 is 15.0 Å². The quantitative estimate of drug-likeness (QED) is 0.747. The first-order valence-corrected chi connectivity index (χ1v) is 7.81. The number of anilines is 1. The molecule has 0 radical (unpaired) electrons. The first kappa shape index (κ1) is 18.8. The average molecular weight is 353 g/mol. The number of quaternary nitrogens is 1. The maximum absolute atomic E-state index is 13.5. The van der Waals surface area contributed by atoms with Gasteiger partial charge in [-0.25, -0.2) is 13.2 Å². The Kier molecular flexibility index (Phi) is 6.41. The predicted molar refractivity (Wildman–Crippen MR) is 88.2 cm³/mol. The van der Waals surface area contributed by atoms with Crippen molar-refractivity contribution >= 4 is 11.6 Å². The minimum Gasteiger partial charge on any atom is -0.487 e. The van der Waals surface area contributed by atoms with E-state index in [1.165, 1.54) is 0 Å². The number of amides is 1. The van der Waals surface area contributed by atoms with Crippen LogP contribution in [0.5, 0.6) is 5.75 Å². The van der Waals surface area contributed by atoms with E-state index in [2.05, 4.69) is 5.32 Å². The molecule has 0 saturated heterocycles. The van der Waals surface area contributed by atoms with Crippen molar-refractivity contribution in [1.29, 1.82) is 0 Å². The number of benzene rings is 2. The van der Waals surface area contributed by atoms with E-state index in [9.17, 15) is 18.0 Å². The van der Waals surface area contributed by atoms with Gasteiger partial charge in [-0.15, -0.1) is 0 Å². The molecule has 0 fully saturated rings. The zero-order chi connectivity index (χ0) is 18.4. The van der Waals surface area contributed by atoms with Crippen molar-refractivity contribution in [1.82, 2.24) is 0 Å². The standard InChI is InChI=1S/C18H19F3N2O2/c1-12-5-3-4-6-15(12)25-10-9-23(2)11-16(24)22-14-8-7-13(19)17(20)18(14)21/h3-8H,9-11H2,1-2H3,(H,22,24)/p+1. The number of halogens is 3. The topological polar surface area (TPSA) is 42.8 Å². The Labute approximate surface area is 144 Å². The van der Waals surface area contributed by atoms with E-state index in [4.69, 9.17) is 4.74 Å². The maximum Gasteiger partial charge on any atom is 0.279 e. The van der Waals surface area contributed by atoms with Gasteiger partial charge in [0.15, 0.2) is 24.0 Å². The Morgan fingerprint density at radius 3 is 2.56 bits per heavy atom. The molecular weight excluding hydrogens is 333 g/mol. The number of rotatable bonds is 7. The van der Waals surface area contributed by atoms with Gasteiger partial charge in [0.2, 0.25) is 0 Å².